The molecule has 17 heavy (non-hydrogen) atoms. The molecule has 0 aliphatic rings. The molecule has 0 saturated heterocycles. The summed E-state index contributed by atoms with van der Waals surface area (Å²) in [5.74, 6) is 0. The molecule has 2 rings (SSSR count). The van der Waals surface area contributed by atoms with Crippen LogP contribution >= 0.6 is 0 Å². The molecule has 0 unspecified atom stereocenters. The summed E-state index contributed by atoms with van der Waals surface area (Å²) in [7, 11) is 0. The quantitative estimate of drug-likeness (QED) is 0.782. The van der Waals surface area contributed by atoms with Crippen LogP contribution in [0.4, 0.5) is 0 Å². The SMILES string of the molecule is C/C=C/c1[nH]ccc1/C=C(\C)c1ccccc1. The average Bonchev–Trinajstić information content (AvgIpc) is 2.78. The fraction of sp³-hybridized carbons (Fsp3) is 0.125. The third kappa shape index (κ3) is 2.76. The molecule has 0 fully saturated rings. The number of H-pyrrole nitrogens is 1. The normalized spacial score (nSPS) is 12.2. The Labute approximate surface area is 103 Å². The highest BCUT2D eigenvalue weighted by Gasteiger charge is 1.99. The van der Waals surface area contributed by atoms with Crippen LogP contribution in [0.5, 0.6) is 0 Å². The molecule has 0 amide bonds. The number of hydrogen-bond acceptors (Lipinski definition) is 0. The van der Waals surface area contributed by atoms with Crippen LogP contribution in [0.2, 0.25) is 0 Å². The van der Waals surface area contributed by atoms with Crippen molar-refractivity contribution in [2.24, 2.45) is 0 Å². The van der Waals surface area contributed by atoms with Gasteiger partial charge in [0.05, 0.1) is 0 Å². The predicted octanol–water partition coefficient (Wildman–Crippen LogP) is 4.61. The Hall–Kier alpha value is -2.02. The molecule has 0 saturated carbocycles. The van der Waals surface area contributed by atoms with Crippen LogP contribution in [-0.4, -0.2) is 4.98 Å². The zero-order valence-electron chi connectivity index (χ0n) is 10.3. The highest BCUT2D eigenvalue weighted by Crippen LogP contribution is 2.19. The second-order valence-corrected chi connectivity index (χ2v) is 4.04. The average molecular weight is 223 g/mol. The van der Waals surface area contributed by atoms with Gasteiger partial charge in [0.15, 0.2) is 0 Å². The van der Waals surface area contributed by atoms with Crippen molar-refractivity contribution < 1.29 is 0 Å². The van der Waals surface area contributed by atoms with Crippen molar-refractivity contribution in [2.75, 3.05) is 0 Å². The maximum Gasteiger partial charge on any atom is 0.0450 e. The summed E-state index contributed by atoms with van der Waals surface area (Å²) in [5, 5.41) is 0. The molecule has 0 aliphatic heterocycles. The van der Waals surface area contributed by atoms with Crippen molar-refractivity contribution in [1.29, 1.82) is 0 Å². The molecule has 1 heterocycles. The minimum atomic E-state index is 1.16. The molecule has 0 aliphatic carbocycles. The standard InChI is InChI=1S/C16H17N/c1-3-7-16-15(10-11-17-16)12-13(2)14-8-5-4-6-9-14/h3-12,17H,1-2H3/b7-3+,13-12+. The van der Waals surface area contributed by atoms with Crippen LogP contribution in [-0.2, 0) is 0 Å². The maximum absolute atomic E-state index is 3.23. The first kappa shape index (κ1) is 11.5. The van der Waals surface area contributed by atoms with Crippen molar-refractivity contribution in [3.8, 4) is 0 Å². The predicted molar refractivity (Wildman–Crippen MR) is 75.5 cm³/mol. The zero-order valence-corrected chi connectivity index (χ0v) is 10.3. The lowest BCUT2D eigenvalue weighted by Gasteiger charge is -2.01. The van der Waals surface area contributed by atoms with Crippen LogP contribution in [0, 0.1) is 0 Å². The summed E-state index contributed by atoms with van der Waals surface area (Å²) in [6, 6.07) is 12.5. The summed E-state index contributed by atoms with van der Waals surface area (Å²) < 4.78 is 0. The molecule has 1 aromatic carbocycles. The van der Waals surface area contributed by atoms with E-state index in [0.29, 0.717) is 0 Å². The summed E-state index contributed by atoms with van der Waals surface area (Å²) in [5.41, 5.74) is 4.92. The van der Waals surface area contributed by atoms with Crippen molar-refractivity contribution in [3.05, 3.63) is 65.5 Å². The van der Waals surface area contributed by atoms with Crippen molar-refractivity contribution in [2.45, 2.75) is 13.8 Å². The number of aromatic nitrogens is 1. The Kier molecular flexibility index (Phi) is 3.61. The van der Waals surface area contributed by atoms with Gasteiger partial charge in [-0.3, -0.25) is 0 Å². The first-order chi connectivity index (χ1) is 8.31. The number of allylic oxidation sites excluding steroid dienone is 2. The van der Waals surface area contributed by atoms with Gasteiger partial charge in [-0.1, -0.05) is 36.4 Å². The van der Waals surface area contributed by atoms with Gasteiger partial charge in [-0.05, 0) is 48.8 Å². The van der Waals surface area contributed by atoms with E-state index in [1.165, 1.54) is 16.7 Å². The Morgan fingerprint density at radius 1 is 1.12 bits per heavy atom. The van der Waals surface area contributed by atoms with E-state index in [1.54, 1.807) is 0 Å². The highest BCUT2D eigenvalue weighted by molar-refractivity contribution is 5.82. The van der Waals surface area contributed by atoms with Crippen LogP contribution in [0.25, 0.3) is 17.7 Å². The van der Waals surface area contributed by atoms with Gasteiger partial charge in [-0.25, -0.2) is 0 Å². The van der Waals surface area contributed by atoms with E-state index in [4.69, 9.17) is 0 Å². The van der Waals surface area contributed by atoms with Crippen molar-refractivity contribution >= 4 is 17.7 Å². The van der Waals surface area contributed by atoms with Gasteiger partial charge in [0, 0.05) is 11.9 Å². The van der Waals surface area contributed by atoms with Crippen molar-refractivity contribution in [3.63, 3.8) is 0 Å². The van der Waals surface area contributed by atoms with Gasteiger partial charge in [-0.2, -0.15) is 0 Å². The summed E-state index contributed by atoms with van der Waals surface area (Å²) in [6.07, 6.45) is 8.31. The number of benzene rings is 1. The molecular weight excluding hydrogens is 206 g/mol. The fourth-order valence-electron chi connectivity index (χ4n) is 1.85. The summed E-state index contributed by atoms with van der Waals surface area (Å²) in [6.45, 7) is 4.17. The molecule has 0 atom stereocenters. The third-order valence-corrected chi connectivity index (χ3v) is 2.75. The Morgan fingerprint density at radius 3 is 2.59 bits per heavy atom. The highest BCUT2D eigenvalue weighted by atomic mass is 14.7. The van der Waals surface area contributed by atoms with E-state index < -0.39 is 0 Å². The molecule has 1 nitrogen and oxygen atoms in total. The van der Waals surface area contributed by atoms with Crippen LogP contribution in [0.3, 0.4) is 0 Å². The van der Waals surface area contributed by atoms with Gasteiger partial charge < -0.3 is 4.98 Å². The molecular formula is C16H17N. The van der Waals surface area contributed by atoms with E-state index in [0.717, 1.165) is 5.69 Å². The van der Waals surface area contributed by atoms with E-state index in [9.17, 15) is 0 Å². The van der Waals surface area contributed by atoms with Crippen LogP contribution in [0.15, 0.2) is 48.7 Å². The van der Waals surface area contributed by atoms with E-state index in [1.807, 2.05) is 25.3 Å². The monoisotopic (exact) mass is 223 g/mol. The molecule has 1 heteroatoms. The lowest BCUT2D eigenvalue weighted by molar-refractivity contribution is 1.37. The maximum atomic E-state index is 3.23. The fourth-order valence-corrected chi connectivity index (χ4v) is 1.85. The summed E-state index contributed by atoms with van der Waals surface area (Å²) in [4.78, 5) is 3.23. The molecule has 0 spiro atoms. The molecule has 0 radical (unpaired) electrons. The topological polar surface area (TPSA) is 15.8 Å². The molecule has 0 bridgehead atoms. The van der Waals surface area contributed by atoms with E-state index >= 15 is 0 Å². The molecule has 2 aromatic rings. The van der Waals surface area contributed by atoms with E-state index in [2.05, 4.69) is 54.4 Å². The molecule has 1 aromatic heterocycles. The van der Waals surface area contributed by atoms with Gasteiger partial charge in [-0.15, -0.1) is 0 Å². The summed E-state index contributed by atoms with van der Waals surface area (Å²) >= 11 is 0. The van der Waals surface area contributed by atoms with Crippen LogP contribution in [0.1, 0.15) is 30.7 Å². The van der Waals surface area contributed by atoms with Gasteiger partial charge >= 0.3 is 0 Å². The Balaban J connectivity index is 2.33. The molecule has 1 N–H and O–H groups in total. The van der Waals surface area contributed by atoms with E-state index in [-0.39, 0.29) is 0 Å². The smallest absolute Gasteiger partial charge is 0.0450 e. The number of nitrogens with one attached hydrogen (secondary N) is 1. The lowest BCUT2D eigenvalue weighted by atomic mass is 10.0. The third-order valence-electron chi connectivity index (χ3n) is 2.75. The first-order valence-electron chi connectivity index (χ1n) is 5.85. The number of rotatable bonds is 3. The second-order valence-electron chi connectivity index (χ2n) is 4.04. The number of aromatic amines is 1. The zero-order chi connectivity index (χ0) is 12.1. The van der Waals surface area contributed by atoms with Crippen molar-refractivity contribution in [1.82, 2.24) is 4.98 Å². The lowest BCUT2D eigenvalue weighted by Crippen LogP contribution is -1.80. The first-order valence-corrected chi connectivity index (χ1v) is 5.85. The largest absolute Gasteiger partial charge is 0.361 e. The van der Waals surface area contributed by atoms with Gasteiger partial charge in [0.2, 0.25) is 0 Å². The minimum absolute atomic E-state index is 1.16. The minimum Gasteiger partial charge on any atom is -0.361 e. The van der Waals surface area contributed by atoms with Gasteiger partial charge in [0.25, 0.3) is 0 Å². The Morgan fingerprint density at radius 2 is 1.88 bits per heavy atom. The van der Waals surface area contributed by atoms with Crippen LogP contribution < -0.4 is 0 Å². The Bertz CT molecular complexity index is 530. The molecule has 86 valence electrons. The second kappa shape index (κ2) is 5.35. The van der Waals surface area contributed by atoms with Gasteiger partial charge in [0.1, 0.15) is 0 Å². The number of hydrogen-bond donors (Lipinski definition) is 1.